The van der Waals surface area contributed by atoms with Gasteiger partial charge in [0.1, 0.15) is 0 Å². The lowest BCUT2D eigenvalue weighted by atomic mass is 9.79. The summed E-state index contributed by atoms with van der Waals surface area (Å²) < 4.78 is 6.16. The molecule has 0 aliphatic heterocycles. The molecule has 0 fully saturated rings. The fraction of sp³-hybridized carbons (Fsp3) is 0.900. The SMILES string of the molecule is CCCCCCCC(C)(CCCCCC)c1nnc(S(C)(C)C)o1. The Bertz CT molecular complexity index is 453. The molecule has 0 aliphatic carbocycles. The number of aromatic nitrogens is 2. The van der Waals surface area contributed by atoms with E-state index >= 15 is 0 Å². The van der Waals surface area contributed by atoms with E-state index in [1.807, 2.05) is 0 Å². The molecule has 1 atom stereocenters. The lowest BCUT2D eigenvalue weighted by Gasteiger charge is -2.26. The van der Waals surface area contributed by atoms with E-state index < -0.39 is 10.0 Å². The van der Waals surface area contributed by atoms with Crippen molar-refractivity contribution >= 4 is 10.0 Å². The molecular formula is C20H40N2OS. The van der Waals surface area contributed by atoms with Gasteiger partial charge in [0.05, 0.1) is 0 Å². The van der Waals surface area contributed by atoms with E-state index in [9.17, 15) is 0 Å². The Labute approximate surface area is 151 Å². The number of rotatable bonds is 13. The first-order valence-electron chi connectivity index (χ1n) is 9.86. The Hall–Kier alpha value is -0.510. The fourth-order valence-corrected chi connectivity index (χ4v) is 3.72. The average molecular weight is 357 g/mol. The normalized spacial score (nSPS) is 15.4. The van der Waals surface area contributed by atoms with Crippen molar-refractivity contribution in [3.63, 3.8) is 0 Å². The first-order valence-corrected chi connectivity index (χ1v) is 12.7. The van der Waals surface area contributed by atoms with Crippen molar-refractivity contribution in [2.75, 3.05) is 18.8 Å². The molecule has 0 spiro atoms. The maximum atomic E-state index is 6.16. The summed E-state index contributed by atoms with van der Waals surface area (Å²) in [6.07, 6.45) is 20.8. The van der Waals surface area contributed by atoms with Crippen LogP contribution in [0.2, 0.25) is 0 Å². The Morgan fingerprint density at radius 3 is 1.75 bits per heavy atom. The third-order valence-corrected chi connectivity index (χ3v) is 6.07. The zero-order valence-electron chi connectivity index (χ0n) is 17.0. The van der Waals surface area contributed by atoms with E-state index in [4.69, 9.17) is 4.42 Å². The van der Waals surface area contributed by atoms with Crippen LogP contribution in [0, 0.1) is 0 Å². The van der Waals surface area contributed by atoms with Crippen molar-refractivity contribution in [1.29, 1.82) is 0 Å². The van der Waals surface area contributed by atoms with Crippen LogP contribution in [-0.4, -0.2) is 29.0 Å². The molecule has 0 N–H and O–H groups in total. The Kier molecular flexibility index (Phi) is 9.40. The molecule has 0 aromatic carbocycles. The maximum absolute atomic E-state index is 6.16. The van der Waals surface area contributed by atoms with Gasteiger partial charge >= 0.3 is 0 Å². The van der Waals surface area contributed by atoms with Crippen LogP contribution in [0.1, 0.15) is 97.3 Å². The van der Waals surface area contributed by atoms with Crippen molar-refractivity contribution in [3.8, 4) is 0 Å². The van der Waals surface area contributed by atoms with Crippen molar-refractivity contribution in [3.05, 3.63) is 5.89 Å². The van der Waals surface area contributed by atoms with Gasteiger partial charge in [-0.25, -0.2) is 0 Å². The highest BCUT2D eigenvalue weighted by molar-refractivity contribution is 8.31. The molecule has 24 heavy (non-hydrogen) atoms. The number of nitrogens with zero attached hydrogens (tertiary/aromatic N) is 2. The molecule has 1 heterocycles. The first kappa shape index (κ1) is 21.5. The van der Waals surface area contributed by atoms with Gasteiger partial charge in [-0.05, 0) is 31.6 Å². The van der Waals surface area contributed by atoms with Gasteiger partial charge in [-0.15, -0.1) is 10.2 Å². The summed E-state index contributed by atoms with van der Waals surface area (Å²) in [4.78, 5) is 0. The molecule has 1 rings (SSSR count). The fourth-order valence-electron chi connectivity index (χ4n) is 3.10. The standard InChI is InChI=1S/C20H40N2OS/c1-7-9-11-13-15-17-20(3,16-14-12-10-8-2)18-21-22-19(23-18)24(4,5)6/h7-17H2,1-6H3. The zero-order valence-corrected chi connectivity index (χ0v) is 17.8. The molecule has 0 bridgehead atoms. The highest BCUT2D eigenvalue weighted by Gasteiger charge is 2.32. The predicted molar refractivity (Wildman–Crippen MR) is 107 cm³/mol. The van der Waals surface area contributed by atoms with Gasteiger partial charge in [-0.3, -0.25) is 0 Å². The van der Waals surface area contributed by atoms with Gasteiger partial charge in [0.2, 0.25) is 5.89 Å². The predicted octanol–water partition coefficient (Wildman–Crippen LogP) is 6.71. The van der Waals surface area contributed by atoms with E-state index in [1.165, 1.54) is 70.6 Å². The average Bonchev–Trinajstić information content (AvgIpc) is 3.02. The monoisotopic (exact) mass is 356 g/mol. The number of hydrogen-bond donors (Lipinski definition) is 0. The van der Waals surface area contributed by atoms with Gasteiger partial charge in [0.15, 0.2) is 0 Å². The third kappa shape index (κ3) is 7.16. The minimum absolute atomic E-state index is 0.0515. The second-order valence-corrected chi connectivity index (χ2v) is 12.3. The number of unbranched alkanes of at least 4 members (excludes halogenated alkanes) is 7. The quantitative estimate of drug-likeness (QED) is 0.369. The molecule has 3 nitrogen and oxygen atoms in total. The Morgan fingerprint density at radius 2 is 1.29 bits per heavy atom. The van der Waals surface area contributed by atoms with Gasteiger partial charge in [-0.2, -0.15) is 10.0 Å². The van der Waals surface area contributed by atoms with Crippen LogP contribution in [0.5, 0.6) is 0 Å². The molecule has 4 heteroatoms. The second-order valence-electron chi connectivity index (χ2n) is 8.25. The summed E-state index contributed by atoms with van der Waals surface area (Å²) in [6.45, 7) is 6.88. The van der Waals surface area contributed by atoms with E-state index in [0.717, 1.165) is 11.1 Å². The summed E-state index contributed by atoms with van der Waals surface area (Å²) >= 11 is 0. The lowest BCUT2D eigenvalue weighted by molar-refractivity contribution is 0.268. The van der Waals surface area contributed by atoms with Gasteiger partial charge < -0.3 is 4.42 Å². The van der Waals surface area contributed by atoms with Crippen LogP contribution >= 0.6 is 10.0 Å². The van der Waals surface area contributed by atoms with E-state index in [2.05, 4.69) is 49.7 Å². The van der Waals surface area contributed by atoms with Crippen LogP contribution in [0.4, 0.5) is 0 Å². The van der Waals surface area contributed by atoms with Crippen molar-refractivity contribution in [1.82, 2.24) is 10.2 Å². The largest absolute Gasteiger partial charge is 0.417 e. The van der Waals surface area contributed by atoms with Crippen LogP contribution in [0.25, 0.3) is 0 Å². The summed E-state index contributed by atoms with van der Waals surface area (Å²) in [5.41, 5.74) is 0.0515. The molecule has 1 unspecified atom stereocenters. The third-order valence-electron chi connectivity index (χ3n) is 4.86. The minimum atomic E-state index is -0.944. The van der Waals surface area contributed by atoms with Crippen LogP contribution in [-0.2, 0) is 5.41 Å². The van der Waals surface area contributed by atoms with E-state index in [1.54, 1.807) is 0 Å². The van der Waals surface area contributed by atoms with E-state index in [-0.39, 0.29) is 5.41 Å². The molecular weight excluding hydrogens is 316 g/mol. The highest BCUT2D eigenvalue weighted by Crippen LogP contribution is 2.45. The molecule has 1 aromatic heterocycles. The summed E-state index contributed by atoms with van der Waals surface area (Å²) in [5, 5.41) is 9.70. The molecule has 0 saturated carbocycles. The smallest absolute Gasteiger partial charge is 0.258 e. The number of hydrogen-bond acceptors (Lipinski definition) is 3. The molecule has 0 amide bonds. The van der Waals surface area contributed by atoms with Crippen molar-refractivity contribution < 1.29 is 4.42 Å². The van der Waals surface area contributed by atoms with Crippen molar-refractivity contribution in [2.45, 2.75) is 102 Å². The molecule has 0 aliphatic rings. The Morgan fingerprint density at radius 1 is 0.792 bits per heavy atom. The Balaban J connectivity index is 2.73. The van der Waals surface area contributed by atoms with Crippen LogP contribution in [0.15, 0.2) is 9.64 Å². The zero-order chi connectivity index (χ0) is 18.1. The maximum Gasteiger partial charge on any atom is 0.258 e. The molecule has 0 radical (unpaired) electrons. The lowest BCUT2D eigenvalue weighted by Crippen LogP contribution is -2.22. The molecule has 0 saturated heterocycles. The second kappa shape index (κ2) is 10.5. The summed E-state index contributed by atoms with van der Waals surface area (Å²) in [7, 11) is -0.944. The molecule has 142 valence electrons. The van der Waals surface area contributed by atoms with Crippen LogP contribution < -0.4 is 0 Å². The van der Waals surface area contributed by atoms with Crippen molar-refractivity contribution in [2.24, 2.45) is 0 Å². The highest BCUT2D eigenvalue weighted by atomic mass is 32.3. The van der Waals surface area contributed by atoms with Crippen LogP contribution in [0.3, 0.4) is 0 Å². The van der Waals surface area contributed by atoms with Gasteiger partial charge in [0.25, 0.3) is 5.22 Å². The topological polar surface area (TPSA) is 38.9 Å². The van der Waals surface area contributed by atoms with E-state index in [0.29, 0.717) is 0 Å². The van der Waals surface area contributed by atoms with Gasteiger partial charge in [0, 0.05) is 5.41 Å². The first-order chi connectivity index (χ1) is 11.3. The minimum Gasteiger partial charge on any atom is -0.417 e. The summed E-state index contributed by atoms with van der Waals surface area (Å²) in [5.74, 6) is 0.881. The summed E-state index contributed by atoms with van der Waals surface area (Å²) in [6, 6.07) is 0. The molecule has 1 aromatic rings. The van der Waals surface area contributed by atoms with Gasteiger partial charge in [-0.1, -0.05) is 78.6 Å².